The maximum Gasteiger partial charge on any atom is 0.472 e. The number of hydrogen-bond donors (Lipinski definition) is 3. The lowest BCUT2D eigenvalue weighted by molar-refractivity contribution is -0.870. The Morgan fingerprint density at radius 1 is 0.459 bits per heavy atom. The number of allylic oxidation sites excluding steroid dienone is 7. The Morgan fingerprint density at radius 2 is 0.784 bits per heavy atom. The second-order valence-corrected chi connectivity index (χ2v) is 24.6. The number of carbonyl (C=O) groups excluding carboxylic acids is 1. The predicted molar refractivity (Wildman–Crippen MR) is 323 cm³/mol. The maximum atomic E-state index is 13.0. The Kier molecular flexibility index (Phi) is 55.0. The number of rotatable bonds is 59. The van der Waals surface area contributed by atoms with E-state index in [9.17, 15) is 19.4 Å². The van der Waals surface area contributed by atoms with Crippen molar-refractivity contribution in [3.63, 3.8) is 0 Å². The van der Waals surface area contributed by atoms with E-state index in [1.54, 1.807) is 6.08 Å². The molecule has 9 heteroatoms. The van der Waals surface area contributed by atoms with Crippen LogP contribution in [0.1, 0.15) is 309 Å². The van der Waals surface area contributed by atoms with Gasteiger partial charge in [0.1, 0.15) is 13.2 Å². The van der Waals surface area contributed by atoms with Crippen LogP contribution in [0.5, 0.6) is 0 Å². The zero-order valence-electron chi connectivity index (χ0n) is 49.8. The quantitative estimate of drug-likeness (QED) is 0.0243. The number of aliphatic hydroxyl groups is 1. The van der Waals surface area contributed by atoms with Crippen LogP contribution in [0.2, 0.25) is 0 Å². The van der Waals surface area contributed by atoms with Crippen LogP contribution in [0.4, 0.5) is 0 Å². The summed E-state index contributed by atoms with van der Waals surface area (Å²) >= 11 is 0. The molecule has 0 aliphatic rings. The molecular formula is C65H126N2O6P+. The van der Waals surface area contributed by atoms with Crippen molar-refractivity contribution in [1.82, 2.24) is 5.32 Å². The van der Waals surface area contributed by atoms with E-state index in [-0.39, 0.29) is 19.1 Å². The van der Waals surface area contributed by atoms with Gasteiger partial charge in [0.2, 0.25) is 5.91 Å². The standard InChI is InChI=1S/C65H125N2O6P/c1-6-8-10-12-14-16-18-20-22-24-26-28-30-32-33-35-36-38-40-42-44-46-48-50-52-54-56-58-64(68)63(62-73-74(70,71)72-61-60-67(3,4)5)66-65(69)59-57-55-53-51-49-47-45-43-41-39-37-34-31-29-27-25-23-21-19-17-15-13-11-9-7-2/h19,21,25,27,48,50,56,58,63-64,68H,6-18,20,22-24,26,28-47,49,51-55,57,59-62H2,1-5H3,(H-,66,69,70,71)/p+1/b21-19-,27-25-,50-48+,58-56+. The molecule has 0 bridgehead atoms. The van der Waals surface area contributed by atoms with Crippen molar-refractivity contribution in [3.05, 3.63) is 48.6 Å². The molecule has 0 aromatic rings. The minimum absolute atomic E-state index is 0.0560. The molecule has 0 heterocycles. The van der Waals surface area contributed by atoms with Gasteiger partial charge in [0.05, 0.1) is 39.9 Å². The highest BCUT2D eigenvalue weighted by atomic mass is 31.2. The molecular weight excluding hydrogens is 936 g/mol. The average Bonchev–Trinajstić information content (AvgIpc) is 3.36. The number of phosphoric ester groups is 1. The Bertz CT molecular complexity index is 1340. The molecule has 0 rings (SSSR count). The number of likely N-dealkylation sites (N-methyl/N-ethyl adjacent to an activating group) is 1. The summed E-state index contributed by atoms with van der Waals surface area (Å²) in [5, 5.41) is 14.0. The fourth-order valence-electron chi connectivity index (χ4n) is 9.50. The Hall–Kier alpha value is -1.54. The summed E-state index contributed by atoms with van der Waals surface area (Å²) in [6.07, 6.45) is 75.2. The highest BCUT2D eigenvalue weighted by Crippen LogP contribution is 2.43. The van der Waals surface area contributed by atoms with Crippen molar-refractivity contribution >= 4 is 13.7 Å². The number of nitrogens with zero attached hydrogens (tertiary/aromatic N) is 1. The molecule has 0 saturated heterocycles. The first-order valence-corrected chi connectivity index (χ1v) is 33.5. The zero-order chi connectivity index (χ0) is 54.2. The summed E-state index contributed by atoms with van der Waals surface area (Å²) in [4.78, 5) is 23.4. The molecule has 3 N–H and O–H groups in total. The molecule has 0 spiro atoms. The fourth-order valence-corrected chi connectivity index (χ4v) is 10.2. The van der Waals surface area contributed by atoms with Gasteiger partial charge in [-0.25, -0.2) is 4.57 Å². The van der Waals surface area contributed by atoms with E-state index in [2.05, 4.69) is 55.6 Å². The first-order chi connectivity index (χ1) is 36.0. The molecule has 8 nitrogen and oxygen atoms in total. The van der Waals surface area contributed by atoms with Gasteiger partial charge in [0, 0.05) is 6.42 Å². The Balaban J connectivity index is 4.17. The molecule has 0 fully saturated rings. The lowest BCUT2D eigenvalue weighted by Crippen LogP contribution is -2.45. The SMILES string of the molecule is CCCCCCC/C=C\C/C=C\CCCCCCCCCCCCCCCC(=O)NC(COP(=O)(O)OCC[N+](C)(C)C)C(O)/C=C/CC/C=C/CCCCCCCCCCCCCCCCCCCCCCC. The van der Waals surface area contributed by atoms with Crippen LogP contribution in [0.15, 0.2) is 48.6 Å². The maximum absolute atomic E-state index is 13.0. The summed E-state index contributed by atoms with van der Waals surface area (Å²) < 4.78 is 23.8. The summed E-state index contributed by atoms with van der Waals surface area (Å²) in [5.41, 5.74) is 0. The van der Waals surface area contributed by atoms with E-state index in [4.69, 9.17) is 9.05 Å². The highest BCUT2D eigenvalue weighted by molar-refractivity contribution is 7.47. The molecule has 0 aliphatic carbocycles. The number of phosphoric acid groups is 1. The van der Waals surface area contributed by atoms with Crippen LogP contribution in [0.3, 0.4) is 0 Å². The second-order valence-electron chi connectivity index (χ2n) is 23.1. The van der Waals surface area contributed by atoms with Crippen molar-refractivity contribution in [2.24, 2.45) is 0 Å². The van der Waals surface area contributed by atoms with Crippen molar-refractivity contribution in [2.45, 2.75) is 321 Å². The highest BCUT2D eigenvalue weighted by Gasteiger charge is 2.27. The summed E-state index contributed by atoms with van der Waals surface area (Å²) in [6, 6.07) is -0.866. The van der Waals surface area contributed by atoms with Gasteiger partial charge in [-0.1, -0.05) is 287 Å². The van der Waals surface area contributed by atoms with E-state index < -0.39 is 20.0 Å². The Labute approximate surface area is 460 Å². The Morgan fingerprint density at radius 3 is 1.16 bits per heavy atom. The molecule has 1 amide bonds. The van der Waals surface area contributed by atoms with Crippen molar-refractivity contribution < 1.29 is 32.9 Å². The van der Waals surface area contributed by atoms with Gasteiger partial charge >= 0.3 is 7.82 Å². The summed E-state index contributed by atoms with van der Waals surface area (Å²) in [6.45, 7) is 4.82. The van der Waals surface area contributed by atoms with E-state index in [1.165, 1.54) is 244 Å². The van der Waals surface area contributed by atoms with Crippen LogP contribution in [0, 0.1) is 0 Å². The van der Waals surface area contributed by atoms with Gasteiger partial charge in [-0.15, -0.1) is 0 Å². The van der Waals surface area contributed by atoms with Gasteiger partial charge in [-0.2, -0.15) is 0 Å². The molecule has 0 aromatic heterocycles. The number of hydrogen-bond acceptors (Lipinski definition) is 5. The van der Waals surface area contributed by atoms with Crippen molar-refractivity contribution in [2.75, 3.05) is 40.9 Å². The van der Waals surface area contributed by atoms with Crippen LogP contribution in [-0.4, -0.2) is 73.4 Å². The number of quaternary nitrogens is 1. The van der Waals surface area contributed by atoms with Crippen LogP contribution in [0.25, 0.3) is 0 Å². The average molecular weight is 1060 g/mol. The second kappa shape index (κ2) is 56.2. The number of aliphatic hydroxyl groups excluding tert-OH is 1. The van der Waals surface area contributed by atoms with Gasteiger partial charge < -0.3 is 19.8 Å². The number of amides is 1. The molecule has 0 aromatic carbocycles. The third-order valence-corrected chi connectivity index (χ3v) is 15.5. The van der Waals surface area contributed by atoms with Crippen LogP contribution in [-0.2, 0) is 18.4 Å². The zero-order valence-corrected chi connectivity index (χ0v) is 50.7. The lowest BCUT2D eigenvalue weighted by Gasteiger charge is -2.25. The topological polar surface area (TPSA) is 105 Å². The van der Waals surface area contributed by atoms with Crippen molar-refractivity contribution in [3.8, 4) is 0 Å². The van der Waals surface area contributed by atoms with Crippen LogP contribution < -0.4 is 5.32 Å². The third kappa shape index (κ3) is 58.1. The lowest BCUT2D eigenvalue weighted by atomic mass is 10.0. The van der Waals surface area contributed by atoms with Gasteiger partial charge in [-0.05, 0) is 64.2 Å². The van der Waals surface area contributed by atoms with Gasteiger partial charge in [0.15, 0.2) is 0 Å². The molecule has 436 valence electrons. The van der Waals surface area contributed by atoms with E-state index in [0.29, 0.717) is 17.4 Å². The predicted octanol–water partition coefficient (Wildman–Crippen LogP) is 19.9. The smallest absolute Gasteiger partial charge is 0.387 e. The van der Waals surface area contributed by atoms with Crippen molar-refractivity contribution in [1.29, 1.82) is 0 Å². The number of carbonyl (C=O) groups is 1. The molecule has 3 atom stereocenters. The summed E-state index contributed by atoms with van der Waals surface area (Å²) in [7, 11) is 1.56. The minimum atomic E-state index is -4.36. The van der Waals surface area contributed by atoms with E-state index in [0.717, 1.165) is 44.9 Å². The van der Waals surface area contributed by atoms with Gasteiger partial charge in [-0.3, -0.25) is 13.8 Å². The van der Waals surface area contributed by atoms with E-state index in [1.807, 2.05) is 27.2 Å². The first-order valence-electron chi connectivity index (χ1n) is 32.0. The van der Waals surface area contributed by atoms with E-state index >= 15 is 0 Å². The molecule has 74 heavy (non-hydrogen) atoms. The number of unbranched alkanes of at least 4 members (excludes halogenated alkanes) is 40. The normalized spacial score (nSPS) is 14.1. The van der Waals surface area contributed by atoms with Crippen LogP contribution >= 0.6 is 7.82 Å². The van der Waals surface area contributed by atoms with Gasteiger partial charge in [0.25, 0.3) is 0 Å². The monoisotopic (exact) mass is 1060 g/mol. The molecule has 3 unspecified atom stereocenters. The largest absolute Gasteiger partial charge is 0.472 e. The molecule has 0 saturated carbocycles. The molecule has 0 radical (unpaired) electrons. The fraction of sp³-hybridized carbons (Fsp3) is 0.862. The number of nitrogens with one attached hydrogen (secondary N) is 1. The summed E-state index contributed by atoms with van der Waals surface area (Å²) in [5.74, 6) is -0.184. The third-order valence-electron chi connectivity index (χ3n) is 14.5. The first kappa shape index (κ1) is 72.5. The minimum Gasteiger partial charge on any atom is -0.387 e. The molecule has 0 aliphatic heterocycles.